The summed E-state index contributed by atoms with van der Waals surface area (Å²) in [7, 11) is 0. The van der Waals surface area contributed by atoms with Crippen LogP contribution in [0.4, 0.5) is 17.1 Å². The van der Waals surface area contributed by atoms with Crippen LogP contribution in [-0.2, 0) is 19.1 Å². The number of hydrogen-bond donors (Lipinski definition) is 2. The summed E-state index contributed by atoms with van der Waals surface area (Å²) in [6.45, 7) is -0.574. The third-order valence-electron chi connectivity index (χ3n) is 4.45. The van der Waals surface area contributed by atoms with Gasteiger partial charge in [-0.15, -0.1) is 0 Å². The number of anilines is 2. The molecule has 0 bridgehead atoms. The molecule has 0 saturated carbocycles. The summed E-state index contributed by atoms with van der Waals surface area (Å²) < 4.78 is 4.86. The molecule has 35 heavy (non-hydrogen) atoms. The van der Waals surface area contributed by atoms with E-state index in [0.717, 1.165) is 9.79 Å². The number of ether oxygens (including phenoxy) is 1. The van der Waals surface area contributed by atoms with Crippen LogP contribution in [0.2, 0.25) is 5.02 Å². The van der Waals surface area contributed by atoms with Crippen LogP contribution >= 0.6 is 23.4 Å². The normalized spacial score (nSPS) is 10.3. The maximum atomic E-state index is 12.1. The summed E-state index contributed by atoms with van der Waals surface area (Å²) in [5.41, 5.74) is 0.609. The molecule has 3 rings (SSSR count). The first kappa shape index (κ1) is 25.7. The second-order valence-electron chi connectivity index (χ2n) is 7.14. The molecule has 0 heterocycles. The van der Waals surface area contributed by atoms with Crippen molar-refractivity contribution in [3.8, 4) is 0 Å². The summed E-state index contributed by atoms with van der Waals surface area (Å²) in [4.78, 5) is 48.1. The van der Waals surface area contributed by atoms with Gasteiger partial charge in [0.25, 0.3) is 11.6 Å². The second-order valence-corrected chi connectivity index (χ2v) is 8.73. The number of halogens is 1. The number of nitro groups is 1. The third kappa shape index (κ3) is 8.76. The highest BCUT2D eigenvalue weighted by Crippen LogP contribution is 2.29. The minimum atomic E-state index is -0.718. The van der Waals surface area contributed by atoms with Crippen molar-refractivity contribution in [3.63, 3.8) is 0 Å². The lowest BCUT2D eigenvalue weighted by Gasteiger charge is -2.08. The molecular weight excluding hydrogens is 494 g/mol. The van der Waals surface area contributed by atoms with Gasteiger partial charge >= 0.3 is 5.97 Å². The van der Waals surface area contributed by atoms with Crippen LogP contribution in [0.15, 0.2) is 82.6 Å². The summed E-state index contributed by atoms with van der Waals surface area (Å²) in [6.07, 6.45) is -0.326. The first-order valence-corrected chi connectivity index (χ1v) is 11.5. The van der Waals surface area contributed by atoms with Gasteiger partial charge in [-0.3, -0.25) is 24.5 Å². The quantitative estimate of drug-likeness (QED) is 0.214. The molecule has 0 aromatic heterocycles. The van der Waals surface area contributed by atoms with Crippen molar-refractivity contribution in [3.05, 3.63) is 87.9 Å². The number of esters is 1. The number of non-ortho nitro benzene ring substituents is 1. The average molecular weight is 514 g/mol. The van der Waals surface area contributed by atoms with Gasteiger partial charge in [-0.2, -0.15) is 0 Å². The van der Waals surface area contributed by atoms with E-state index in [2.05, 4.69) is 10.6 Å². The Bertz CT molecular complexity index is 1220. The highest BCUT2D eigenvalue weighted by Gasteiger charge is 2.12. The molecule has 0 unspecified atom stereocenters. The monoisotopic (exact) mass is 513 g/mol. The molecule has 2 N–H and O–H groups in total. The molecule has 0 aliphatic rings. The number of benzene rings is 3. The molecule has 0 aliphatic heterocycles. The maximum absolute atomic E-state index is 12.1. The Kier molecular flexibility index (Phi) is 9.22. The van der Waals surface area contributed by atoms with E-state index < -0.39 is 23.4 Å². The number of carbonyl (C=O) groups excluding carboxylic acids is 3. The van der Waals surface area contributed by atoms with Crippen LogP contribution in [-0.4, -0.2) is 29.3 Å². The molecule has 2 amide bonds. The van der Waals surface area contributed by atoms with E-state index in [0.29, 0.717) is 10.7 Å². The number of hydrogen-bond acceptors (Lipinski definition) is 7. The zero-order valence-corrected chi connectivity index (χ0v) is 19.8. The van der Waals surface area contributed by atoms with Crippen molar-refractivity contribution in [2.24, 2.45) is 0 Å². The number of rotatable bonds is 10. The number of nitrogens with zero attached hydrogens (tertiary/aromatic N) is 1. The van der Waals surface area contributed by atoms with Gasteiger partial charge in [0.2, 0.25) is 5.91 Å². The SMILES string of the molecule is O=C(CCC(=O)OCC(=O)Nc1cccc([N+](=O)[O-])c1)Nc1ccc(Sc2ccc(Cl)cc2)cc1. The lowest BCUT2D eigenvalue weighted by Crippen LogP contribution is -2.21. The predicted octanol–water partition coefficient (Wildman–Crippen LogP) is 5.30. The molecule has 0 atom stereocenters. The van der Waals surface area contributed by atoms with Crippen molar-refractivity contribution < 1.29 is 24.0 Å². The van der Waals surface area contributed by atoms with Crippen LogP contribution in [0.25, 0.3) is 0 Å². The van der Waals surface area contributed by atoms with Gasteiger partial charge < -0.3 is 15.4 Å². The summed E-state index contributed by atoms with van der Waals surface area (Å²) in [5, 5.41) is 16.5. The minimum Gasteiger partial charge on any atom is -0.456 e. The van der Waals surface area contributed by atoms with Crippen molar-refractivity contribution >= 4 is 58.2 Å². The zero-order valence-electron chi connectivity index (χ0n) is 18.2. The fourth-order valence-corrected chi connectivity index (χ4v) is 3.74. The maximum Gasteiger partial charge on any atom is 0.306 e. The van der Waals surface area contributed by atoms with Gasteiger partial charge in [-0.05, 0) is 54.6 Å². The summed E-state index contributed by atoms with van der Waals surface area (Å²) in [6, 6.07) is 20.1. The van der Waals surface area contributed by atoms with E-state index in [4.69, 9.17) is 16.3 Å². The molecule has 9 nitrogen and oxygen atoms in total. The summed E-state index contributed by atoms with van der Waals surface area (Å²) >= 11 is 7.44. The lowest BCUT2D eigenvalue weighted by molar-refractivity contribution is -0.384. The highest BCUT2D eigenvalue weighted by molar-refractivity contribution is 7.99. The van der Waals surface area contributed by atoms with E-state index in [1.165, 1.54) is 24.3 Å². The molecule has 0 aliphatic carbocycles. The smallest absolute Gasteiger partial charge is 0.306 e. The Morgan fingerprint density at radius 1 is 0.857 bits per heavy atom. The van der Waals surface area contributed by atoms with Crippen LogP contribution < -0.4 is 10.6 Å². The predicted molar refractivity (Wildman–Crippen MR) is 133 cm³/mol. The Hall–Kier alpha value is -3.89. The van der Waals surface area contributed by atoms with Crippen LogP contribution in [0.3, 0.4) is 0 Å². The zero-order chi connectivity index (χ0) is 25.2. The first-order chi connectivity index (χ1) is 16.8. The van der Waals surface area contributed by atoms with Crippen LogP contribution in [0.1, 0.15) is 12.8 Å². The van der Waals surface area contributed by atoms with Gasteiger partial charge in [0.15, 0.2) is 6.61 Å². The Morgan fingerprint density at radius 3 is 2.14 bits per heavy atom. The number of nitrogens with one attached hydrogen (secondary N) is 2. The van der Waals surface area contributed by atoms with Crippen molar-refractivity contribution in [2.45, 2.75) is 22.6 Å². The Labute approximate surface area is 210 Å². The van der Waals surface area contributed by atoms with Crippen molar-refractivity contribution in [2.75, 3.05) is 17.2 Å². The Balaban J connectivity index is 1.37. The highest BCUT2D eigenvalue weighted by atomic mass is 35.5. The number of carbonyl (C=O) groups is 3. The van der Waals surface area contributed by atoms with E-state index in [1.54, 1.807) is 23.9 Å². The van der Waals surface area contributed by atoms with E-state index in [9.17, 15) is 24.5 Å². The number of amides is 2. The molecule has 0 saturated heterocycles. The van der Waals surface area contributed by atoms with Gasteiger partial charge in [-0.1, -0.05) is 29.4 Å². The minimum absolute atomic E-state index is 0.118. The second kappa shape index (κ2) is 12.5. The van der Waals surface area contributed by atoms with Gasteiger partial charge in [-0.25, -0.2) is 0 Å². The Morgan fingerprint density at radius 2 is 1.49 bits per heavy atom. The lowest BCUT2D eigenvalue weighted by atomic mass is 10.2. The van der Waals surface area contributed by atoms with E-state index in [-0.39, 0.29) is 30.1 Å². The van der Waals surface area contributed by atoms with E-state index >= 15 is 0 Å². The molecule has 0 spiro atoms. The summed E-state index contributed by atoms with van der Waals surface area (Å²) in [5.74, 6) is -1.75. The average Bonchev–Trinajstić information content (AvgIpc) is 2.84. The molecule has 11 heteroatoms. The van der Waals surface area contributed by atoms with Crippen LogP contribution in [0.5, 0.6) is 0 Å². The molecule has 0 radical (unpaired) electrons. The largest absolute Gasteiger partial charge is 0.456 e. The van der Waals surface area contributed by atoms with E-state index in [1.807, 2.05) is 36.4 Å². The number of nitro benzene ring substituents is 1. The fourth-order valence-electron chi connectivity index (χ4n) is 2.80. The van der Waals surface area contributed by atoms with Crippen molar-refractivity contribution in [1.29, 1.82) is 0 Å². The molecule has 3 aromatic carbocycles. The molecule has 0 fully saturated rings. The van der Waals surface area contributed by atoms with Gasteiger partial charge in [0.1, 0.15) is 0 Å². The standard InChI is InChI=1S/C24H20ClN3O6S/c25-16-4-8-20(9-5-16)35-21-10-6-17(7-11-21)26-22(29)12-13-24(31)34-15-23(30)27-18-2-1-3-19(14-18)28(32)33/h1-11,14H,12-13,15H2,(H,26,29)(H,27,30). The van der Waals surface area contributed by atoms with Gasteiger partial charge in [0, 0.05) is 44.7 Å². The van der Waals surface area contributed by atoms with Gasteiger partial charge in [0.05, 0.1) is 11.3 Å². The third-order valence-corrected chi connectivity index (χ3v) is 5.72. The first-order valence-electron chi connectivity index (χ1n) is 10.3. The molecule has 3 aromatic rings. The topological polar surface area (TPSA) is 128 Å². The van der Waals surface area contributed by atoms with Crippen LogP contribution in [0, 0.1) is 10.1 Å². The van der Waals surface area contributed by atoms with Crippen molar-refractivity contribution in [1.82, 2.24) is 0 Å². The molecule has 180 valence electrons. The fraction of sp³-hybridized carbons (Fsp3) is 0.125. The molecular formula is C24H20ClN3O6S.